The van der Waals surface area contributed by atoms with E-state index in [0.29, 0.717) is 37.9 Å². The van der Waals surface area contributed by atoms with Crippen LogP contribution < -0.4 is 0 Å². The number of H-pyrrole nitrogens is 1. The molecule has 2 amide bonds. The maximum atomic E-state index is 13.2. The van der Waals surface area contributed by atoms with Gasteiger partial charge in [-0.25, -0.2) is 0 Å². The highest BCUT2D eigenvalue weighted by Gasteiger charge is 2.33. The molecule has 33 heavy (non-hydrogen) atoms. The monoisotopic (exact) mass is 455 g/mol. The molecule has 0 spiro atoms. The Kier molecular flexibility index (Phi) is 7.72. The summed E-state index contributed by atoms with van der Waals surface area (Å²) in [6.07, 6.45) is 5.07. The number of aromatic amines is 1. The molecule has 4 rings (SSSR count). The molecule has 0 radical (unpaired) electrons. The molecule has 2 aliphatic rings. The van der Waals surface area contributed by atoms with Crippen molar-refractivity contribution in [3.8, 4) is 0 Å². The zero-order valence-corrected chi connectivity index (χ0v) is 19.4. The average Bonchev–Trinajstić information content (AvgIpc) is 3.27. The summed E-state index contributed by atoms with van der Waals surface area (Å²) in [7, 11) is 0. The largest absolute Gasteiger partial charge is 0.381 e. The topological polar surface area (TPSA) is 101 Å². The van der Waals surface area contributed by atoms with Gasteiger partial charge in [0.2, 0.25) is 5.91 Å². The van der Waals surface area contributed by atoms with Crippen molar-refractivity contribution in [2.24, 2.45) is 5.92 Å². The van der Waals surface area contributed by atoms with Crippen LogP contribution in [0.4, 0.5) is 0 Å². The molecule has 0 bridgehead atoms. The van der Waals surface area contributed by atoms with Crippen molar-refractivity contribution in [2.75, 3.05) is 39.4 Å². The van der Waals surface area contributed by atoms with Crippen LogP contribution in [0.1, 0.15) is 54.4 Å². The van der Waals surface area contributed by atoms with Gasteiger partial charge in [-0.15, -0.1) is 0 Å². The summed E-state index contributed by atoms with van der Waals surface area (Å²) < 4.78 is 11.7. The van der Waals surface area contributed by atoms with Crippen molar-refractivity contribution < 1.29 is 19.1 Å². The minimum absolute atomic E-state index is 0.0265. The first kappa shape index (κ1) is 23.4. The second-order valence-corrected chi connectivity index (χ2v) is 9.20. The Labute approximate surface area is 194 Å². The molecular formula is C24H33N5O4. The van der Waals surface area contributed by atoms with Crippen LogP contribution in [-0.2, 0) is 20.9 Å². The summed E-state index contributed by atoms with van der Waals surface area (Å²) in [5.41, 5.74) is 2.18. The number of rotatable bonds is 7. The van der Waals surface area contributed by atoms with Gasteiger partial charge in [-0.1, -0.05) is 19.9 Å². The molecule has 2 aliphatic heterocycles. The minimum atomic E-state index is -0.302. The van der Waals surface area contributed by atoms with E-state index in [0.717, 1.165) is 37.3 Å². The summed E-state index contributed by atoms with van der Waals surface area (Å²) in [6.45, 7) is 7.39. The molecule has 0 unspecified atom stereocenters. The lowest BCUT2D eigenvalue weighted by Gasteiger charge is -2.30. The van der Waals surface area contributed by atoms with E-state index >= 15 is 0 Å². The van der Waals surface area contributed by atoms with Crippen LogP contribution in [0.5, 0.6) is 0 Å². The number of nitrogens with one attached hydrogen (secondary N) is 1. The van der Waals surface area contributed by atoms with Crippen molar-refractivity contribution in [2.45, 2.75) is 45.3 Å². The van der Waals surface area contributed by atoms with Crippen LogP contribution in [0.25, 0.3) is 0 Å². The number of amides is 2. The summed E-state index contributed by atoms with van der Waals surface area (Å²) >= 11 is 0. The van der Waals surface area contributed by atoms with Crippen molar-refractivity contribution in [3.63, 3.8) is 0 Å². The molecule has 0 aromatic carbocycles. The third-order valence-electron chi connectivity index (χ3n) is 6.28. The predicted octanol–water partition coefficient (Wildman–Crippen LogP) is 2.22. The van der Waals surface area contributed by atoms with Gasteiger partial charge in [0.25, 0.3) is 5.91 Å². The normalized spacial score (nSPS) is 20.3. The molecule has 9 heteroatoms. The third-order valence-corrected chi connectivity index (χ3v) is 6.28. The number of carbonyl (C=O) groups excluding carboxylic acids is 2. The Hall–Kier alpha value is -2.78. The Morgan fingerprint density at radius 1 is 1.30 bits per heavy atom. The maximum absolute atomic E-state index is 13.2. The number of carbonyl (C=O) groups is 2. The van der Waals surface area contributed by atoms with Crippen molar-refractivity contribution in [1.82, 2.24) is 25.0 Å². The first-order chi connectivity index (χ1) is 16.0. The highest BCUT2D eigenvalue weighted by Crippen LogP contribution is 2.20. The van der Waals surface area contributed by atoms with Crippen LogP contribution in [0.3, 0.4) is 0 Å². The standard InChI is InChI=1S/C24H33N5O4/c1-17(2)21-10-22(27-26-21)24(31)29-14-20(33-16-19-4-3-7-25-11-19)13-28(23(30)15-29)12-18-5-8-32-9-6-18/h3-4,7,10-11,17-18,20H,5-6,8-9,12-16H2,1-2H3,(H,26,27)/t20-/m0/s1. The Bertz CT molecular complexity index is 926. The van der Waals surface area contributed by atoms with Crippen LogP contribution in [-0.4, -0.2) is 82.3 Å². The Balaban J connectivity index is 1.49. The number of ether oxygens (including phenoxy) is 2. The van der Waals surface area contributed by atoms with E-state index in [2.05, 4.69) is 15.2 Å². The van der Waals surface area contributed by atoms with Gasteiger partial charge in [-0.2, -0.15) is 5.10 Å². The number of hydrogen-bond donors (Lipinski definition) is 1. The lowest BCUT2D eigenvalue weighted by atomic mass is 9.99. The first-order valence-electron chi connectivity index (χ1n) is 11.7. The number of aromatic nitrogens is 3. The van der Waals surface area contributed by atoms with Gasteiger partial charge in [0.15, 0.2) is 0 Å². The van der Waals surface area contributed by atoms with Crippen LogP contribution in [0, 0.1) is 5.92 Å². The number of hydrogen-bond acceptors (Lipinski definition) is 6. The van der Waals surface area contributed by atoms with E-state index in [4.69, 9.17) is 9.47 Å². The van der Waals surface area contributed by atoms with Gasteiger partial charge in [-0.3, -0.25) is 19.7 Å². The van der Waals surface area contributed by atoms with Gasteiger partial charge in [0.1, 0.15) is 12.2 Å². The van der Waals surface area contributed by atoms with Gasteiger partial charge in [0.05, 0.1) is 12.7 Å². The van der Waals surface area contributed by atoms with Crippen molar-refractivity contribution in [1.29, 1.82) is 0 Å². The molecule has 9 nitrogen and oxygen atoms in total. The fourth-order valence-electron chi connectivity index (χ4n) is 4.26. The lowest BCUT2D eigenvalue weighted by molar-refractivity contribution is -0.132. The molecule has 2 aromatic heterocycles. The molecule has 2 fully saturated rings. The lowest BCUT2D eigenvalue weighted by Crippen LogP contribution is -2.42. The Morgan fingerprint density at radius 2 is 2.12 bits per heavy atom. The Morgan fingerprint density at radius 3 is 2.82 bits per heavy atom. The predicted molar refractivity (Wildman–Crippen MR) is 122 cm³/mol. The van der Waals surface area contributed by atoms with Crippen LogP contribution in [0.15, 0.2) is 30.6 Å². The fourth-order valence-corrected chi connectivity index (χ4v) is 4.26. The molecule has 2 aromatic rings. The smallest absolute Gasteiger partial charge is 0.274 e. The van der Waals surface area contributed by atoms with E-state index in [9.17, 15) is 9.59 Å². The van der Waals surface area contributed by atoms with Crippen molar-refractivity contribution in [3.05, 3.63) is 47.5 Å². The highest BCUT2D eigenvalue weighted by molar-refractivity contribution is 5.95. The molecule has 1 atom stereocenters. The van der Waals surface area contributed by atoms with E-state index in [1.54, 1.807) is 23.4 Å². The quantitative estimate of drug-likeness (QED) is 0.687. The SMILES string of the molecule is CC(C)c1cc(C(=O)N2CC(=O)N(CC3CCOCC3)C[C@H](OCc3cccnc3)C2)n[nH]1. The summed E-state index contributed by atoms with van der Waals surface area (Å²) in [5, 5.41) is 7.13. The summed E-state index contributed by atoms with van der Waals surface area (Å²) in [6, 6.07) is 5.59. The van der Waals surface area contributed by atoms with Crippen LogP contribution in [0.2, 0.25) is 0 Å². The molecule has 0 aliphatic carbocycles. The molecule has 178 valence electrons. The zero-order valence-electron chi connectivity index (χ0n) is 19.4. The van der Waals surface area contributed by atoms with Crippen molar-refractivity contribution >= 4 is 11.8 Å². The third kappa shape index (κ3) is 6.17. The zero-order chi connectivity index (χ0) is 23.2. The first-order valence-corrected chi connectivity index (χ1v) is 11.7. The van der Waals surface area contributed by atoms with E-state index in [1.165, 1.54) is 0 Å². The molecular weight excluding hydrogens is 422 g/mol. The molecule has 2 saturated heterocycles. The summed E-state index contributed by atoms with van der Waals surface area (Å²) in [5.74, 6) is 0.329. The van der Waals surface area contributed by atoms with Gasteiger partial charge < -0.3 is 19.3 Å². The number of pyridine rings is 1. The minimum Gasteiger partial charge on any atom is -0.381 e. The summed E-state index contributed by atoms with van der Waals surface area (Å²) in [4.78, 5) is 34.0. The van der Waals surface area contributed by atoms with Crippen LogP contribution >= 0.6 is 0 Å². The molecule has 1 N–H and O–H groups in total. The molecule has 0 saturated carbocycles. The molecule has 4 heterocycles. The van der Waals surface area contributed by atoms with E-state index in [1.807, 2.05) is 30.9 Å². The second kappa shape index (κ2) is 10.9. The average molecular weight is 456 g/mol. The maximum Gasteiger partial charge on any atom is 0.274 e. The van der Waals surface area contributed by atoms with Gasteiger partial charge in [-0.05, 0) is 42.4 Å². The van der Waals surface area contributed by atoms with E-state index in [-0.39, 0.29) is 30.4 Å². The van der Waals surface area contributed by atoms with Gasteiger partial charge >= 0.3 is 0 Å². The number of nitrogens with zero attached hydrogens (tertiary/aromatic N) is 4. The fraction of sp³-hybridized carbons (Fsp3) is 0.583. The second-order valence-electron chi connectivity index (χ2n) is 9.20. The highest BCUT2D eigenvalue weighted by atomic mass is 16.5. The van der Waals surface area contributed by atoms with Gasteiger partial charge in [0, 0.05) is 50.9 Å². The van der Waals surface area contributed by atoms with E-state index < -0.39 is 0 Å².